The van der Waals surface area contributed by atoms with Crippen LogP contribution in [0.2, 0.25) is 5.02 Å². The zero-order valence-corrected chi connectivity index (χ0v) is 12.0. The van der Waals surface area contributed by atoms with Gasteiger partial charge in [-0.05, 0) is 30.5 Å². The molecule has 2 rings (SSSR count). The Bertz CT molecular complexity index is 490. The molecule has 0 aliphatic carbocycles. The minimum Gasteiger partial charge on any atom is -0.468 e. The lowest BCUT2D eigenvalue weighted by Crippen LogP contribution is -2.41. The second-order valence-corrected chi connectivity index (χ2v) is 5.07. The number of hydrogen-bond acceptors (Lipinski definition) is 3. The van der Waals surface area contributed by atoms with Crippen molar-refractivity contribution in [1.29, 1.82) is 0 Å². The second kappa shape index (κ2) is 6.61. The number of ether oxygens (including phenoxy) is 1. The van der Waals surface area contributed by atoms with Crippen LogP contribution in [0.3, 0.4) is 0 Å². The highest BCUT2D eigenvalue weighted by atomic mass is 35.5. The first kappa shape index (κ1) is 14.7. The van der Waals surface area contributed by atoms with Gasteiger partial charge < -0.3 is 15.0 Å². The highest BCUT2D eigenvalue weighted by Crippen LogP contribution is 2.32. The highest BCUT2D eigenvalue weighted by Gasteiger charge is 2.29. The summed E-state index contributed by atoms with van der Waals surface area (Å²) in [4.78, 5) is 24.9. The third-order valence-electron chi connectivity index (χ3n) is 3.38. The molecule has 6 heteroatoms. The molecule has 2 amide bonds. The fourth-order valence-corrected chi connectivity index (χ4v) is 2.49. The number of hydrogen-bond donors (Lipinski definition) is 1. The summed E-state index contributed by atoms with van der Waals surface area (Å²) in [7, 11) is 1.29. The van der Waals surface area contributed by atoms with Crippen LogP contribution in [0.15, 0.2) is 24.3 Å². The average molecular weight is 297 g/mol. The van der Waals surface area contributed by atoms with Gasteiger partial charge in [0, 0.05) is 11.6 Å². The number of halogens is 1. The molecule has 1 saturated heterocycles. The van der Waals surface area contributed by atoms with E-state index in [1.807, 2.05) is 24.3 Å². The van der Waals surface area contributed by atoms with Crippen molar-refractivity contribution in [2.75, 3.05) is 20.2 Å². The van der Waals surface area contributed by atoms with Gasteiger partial charge in [-0.2, -0.15) is 0 Å². The van der Waals surface area contributed by atoms with Crippen molar-refractivity contribution < 1.29 is 14.3 Å². The summed E-state index contributed by atoms with van der Waals surface area (Å²) in [6.07, 6.45) is 1.85. The normalized spacial score (nSPS) is 17.9. The molecule has 0 saturated carbocycles. The van der Waals surface area contributed by atoms with E-state index in [9.17, 15) is 9.59 Å². The smallest absolute Gasteiger partial charge is 0.325 e. The zero-order valence-electron chi connectivity index (χ0n) is 11.3. The maximum absolute atomic E-state index is 12.1. The van der Waals surface area contributed by atoms with Crippen molar-refractivity contribution in [2.45, 2.75) is 18.9 Å². The van der Waals surface area contributed by atoms with Crippen LogP contribution < -0.4 is 5.32 Å². The molecule has 1 aromatic carbocycles. The van der Waals surface area contributed by atoms with Crippen molar-refractivity contribution in [3.63, 3.8) is 0 Å². The van der Waals surface area contributed by atoms with E-state index in [4.69, 9.17) is 11.6 Å². The number of likely N-dealkylation sites (tertiary alicyclic amines) is 1. The van der Waals surface area contributed by atoms with E-state index < -0.39 is 5.97 Å². The van der Waals surface area contributed by atoms with Gasteiger partial charge in [-0.25, -0.2) is 4.79 Å². The van der Waals surface area contributed by atoms with E-state index in [1.54, 1.807) is 4.90 Å². The second-order valence-electron chi connectivity index (χ2n) is 4.64. The predicted molar refractivity (Wildman–Crippen MR) is 75.5 cm³/mol. The minimum atomic E-state index is -0.458. The number of carbonyl (C=O) groups is 2. The monoisotopic (exact) mass is 296 g/mol. The Labute approximate surface area is 122 Å². The fourth-order valence-electron chi connectivity index (χ4n) is 2.36. The number of nitrogens with one attached hydrogen (secondary N) is 1. The van der Waals surface area contributed by atoms with Gasteiger partial charge in [0.1, 0.15) is 6.54 Å². The van der Waals surface area contributed by atoms with E-state index in [-0.39, 0.29) is 18.6 Å². The molecule has 1 fully saturated rings. The number of rotatable bonds is 3. The standard InChI is InChI=1S/C14H17ClN2O3/c1-20-13(18)9-16-14(19)17-8-2-3-12(17)10-4-6-11(15)7-5-10/h4-7,12H,2-3,8-9H2,1H3,(H,16,19). The number of carbonyl (C=O) groups excluding carboxylic acids is 2. The third-order valence-corrected chi connectivity index (χ3v) is 3.63. The van der Waals surface area contributed by atoms with E-state index in [1.165, 1.54) is 7.11 Å². The molecular formula is C14H17ClN2O3. The maximum Gasteiger partial charge on any atom is 0.325 e. The minimum absolute atomic E-state index is 0.0323. The van der Waals surface area contributed by atoms with Gasteiger partial charge in [-0.1, -0.05) is 23.7 Å². The Morgan fingerprint density at radius 1 is 1.40 bits per heavy atom. The Morgan fingerprint density at radius 3 is 2.75 bits per heavy atom. The largest absolute Gasteiger partial charge is 0.468 e. The lowest BCUT2D eigenvalue weighted by molar-refractivity contribution is -0.139. The van der Waals surface area contributed by atoms with Gasteiger partial charge in [0.25, 0.3) is 0 Å². The van der Waals surface area contributed by atoms with Crippen LogP contribution in [0.1, 0.15) is 24.4 Å². The summed E-state index contributed by atoms with van der Waals surface area (Å²) in [6.45, 7) is 0.569. The molecular weight excluding hydrogens is 280 g/mol. The van der Waals surface area contributed by atoms with E-state index in [0.29, 0.717) is 11.6 Å². The summed E-state index contributed by atoms with van der Waals surface area (Å²) < 4.78 is 4.50. The van der Waals surface area contributed by atoms with Gasteiger partial charge >= 0.3 is 12.0 Å². The van der Waals surface area contributed by atoms with Gasteiger partial charge in [0.15, 0.2) is 0 Å². The van der Waals surface area contributed by atoms with E-state index in [0.717, 1.165) is 18.4 Å². The van der Waals surface area contributed by atoms with Crippen molar-refractivity contribution in [2.24, 2.45) is 0 Å². The number of benzene rings is 1. The molecule has 0 aromatic heterocycles. The van der Waals surface area contributed by atoms with Crippen molar-refractivity contribution >= 4 is 23.6 Å². The lowest BCUT2D eigenvalue weighted by atomic mass is 10.1. The summed E-state index contributed by atoms with van der Waals surface area (Å²) in [5.74, 6) is -0.458. The molecule has 108 valence electrons. The van der Waals surface area contributed by atoms with Gasteiger partial charge in [0.2, 0.25) is 0 Å². The maximum atomic E-state index is 12.1. The molecule has 1 aliphatic rings. The lowest BCUT2D eigenvalue weighted by Gasteiger charge is -2.25. The number of nitrogens with zero attached hydrogens (tertiary/aromatic N) is 1. The van der Waals surface area contributed by atoms with Gasteiger partial charge in [-0.15, -0.1) is 0 Å². The first-order chi connectivity index (χ1) is 9.61. The number of esters is 1. The van der Waals surface area contributed by atoms with Gasteiger partial charge in [-0.3, -0.25) is 4.79 Å². The van der Waals surface area contributed by atoms with Crippen LogP contribution in [0, 0.1) is 0 Å². The van der Waals surface area contributed by atoms with Gasteiger partial charge in [0.05, 0.1) is 13.2 Å². The van der Waals surface area contributed by atoms with Crippen LogP contribution >= 0.6 is 11.6 Å². The molecule has 0 spiro atoms. The first-order valence-corrected chi connectivity index (χ1v) is 6.86. The van der Waals surface area contributed by atoms with E-state index in [2.05, 4.69) is 10.1 Å². The zero-order chi connectivity index (χ0) is 14.5. The van der Waals surface area contributed by atoms with Crippen molar-refractivity contribution in [3.8, 4) is 0 Å². The van der Waals surface area contributed by atoms with Crippen LogP contribution in [-0.2, 0) is 9.53 Å². The molecule has 1 heterocycles. The number of urea groups is 1. The first-order valence-electron chi connectivity index (χ1n) is 6.48. The quantitative estimate of drug-likeness (QED) is 0.871. The predicted octanol–water partition coefficient (Wildman–Crippen LogP) is 2.36. The third kappa shape index (κ3) is 3.42. The summed E-state index contributed by atoms with van der Waals surface area (Å²) >= 11 is 5.87. The van der Waals surface area contributed by atoms with Crippen molar-refractivity contribution in [1.82, 2.24) is 10.2 Å². The molecule has 0 radical (unpaired) electrons. The van der Waals surface area contributed by atoms with Crippen molar-refractivity contribution in [3.05, 3.63) is 34.9 Å². The molecule has 20 heavy (non-hydrogen) atoms. The molecule has 1 aromatic rings. The Hall–Kier alpha value is -1.75. The Kier molecular flexibility index (Phi) is 4.84. The topological polar surface area (TPSA) is 58.6 Å². The molecule has 1 N–H and O–H groups in total. The summed E-state index contributed by atoms with van der Waals surface area (Å²) in [5, 5.41) is 3.25. The Morgan fingerprint density at radius 2 is 2.10 bits per heavy atom. The van der Waals surface area contributed by atoms with Crippen LogP contribution in [0.5, 0.6) is 0 Å². The molecule has 0 bridgehead atoms. The average Bonchev–Trinajstić information content (AvgIpc) is 2.94. The summed E-state index contributed by atoms with van der Waals surface area (Å²) in [6, 6.07) is 7.29. The van der Waals surface area contributed by atoms with Crippen LogP contribution in [0.4, 0.5) is 4.79 Å². The van der Waals surface area contributed by atoms with Crippen LogP contribution in [-0.4, -0.2) is 37.1 Å². The SMILES string of the molecule is COC(=O)CNC(=O)N1CCCC1c1ccc(Cl)cc1. The fraction of sp³-hybridized carbons (Fsp3) is 0.429. The molecule has 1 unspecified atom stereocenters. The summed E-state index contributed by atoms with van der Waals surface area (Å²) in [5.41, 5.74) is 1.06. The van der Waals surface area contributed by atoms with E-state index >= 15 is 0 Å². The number of amides is 2. The Balaban J connectivity index is 2.01. The highest BCUT2D eigenvalue weighted by molar-refractivity contribution is 6.30. The molecule has 1 aliphatic heterocycles. The molecule has 5 nitrogen and oxygen atoms in total. The molecule has 1 atom stereocenters. The number of methoxy groups -OCH3 is 1. The van der Waals surface area contributed by atoms with Crippen LogP contribution in [0.25, 0.3) is 0 Å².